The average molecular weight is 294 g/mol. The third kappa shape index (κ3) is 3.48. The lowest BCUT2D eigenvalue weighted by Gasteiger charge is -2.09. The second-order valence-corrected chi connectivity index (χ2v) is 5.12. The fourth-order valence-electron chi connectivity index (χ4n) is 1.84. The number of halogens is 1. The van der Waals surface area contributed by atoms with Crippen LogP contribution in [0.2, 0.25) is 5.02 Å². The molecule has 108 valence electrons. The lowest BCUT2D eigenvalue weighted by Crippen LogP contribution is -2.09. The largest absolute Gasteiger partial charge is 0.370 e. The first-order valence-corrected chi connectivity index (χ1v) is 7.35. The number of aryl methyl sites for hydroxylation is 2. The van der Waals surface area contributed by atoms with E-state index in [1.165, 1.54) is 0 Å². The van der Waals surface area contributed by atoms with Gasteiger partial charge in [0.1, 0.15) is 11.6 Å². The van der Waals surface area contributed by atoms with E-state index in [2.05, 4.69) is 34.2 Å². The molecular formula is C14H20ClN5. The first-order valence-electron chi connectivity index (χ1n) is 6.98. The van der Waals surface area contributed by atoms with Crippen LogP contribution in [-0.2, 0) is 6.42 Å². The van der Waals surface area contributed by atoms with E-state index < -0.39 is 0 Å². The molecular weight excluding hydrogens is 274 g/mol. The zero-order valence-corrected chi connectivity index (χ0v) is 12.9. The number of nitrogens with zero attached hydrogens (tertiary/aromatic N) is 4. The van der Waals surface area contributed by atoms with Crippen LogP contribution < -0.4 is 5.32 Å². The van der Waals surface area contributed by atoms with Crippen LogP contribution >= 0.6 is 11.6 Å². The maximum absolute atomic E-state index is 6.06. The van der Waals surface area contributed by atoms with Gasteiger partial charge < -0.3 is 5.32 Å². The molecule has 2 aromatic rings. The average Bonchev–Trinajstić information content (AvgIpc) is 2.77. The van der Waals surface area contributed by atoms with E-state index in [0.717, 1.165) is 49.0 Å². The minimum Gasteiger partial charge on any atom is -0.370 e. The van der Waals surface area contributed by atoms with Crippen molar-refractivity contribution < 1.29 is 0 Å². The van der Waals surface area contributed by atoms with Gasteiger partial charge in [-0.05, 0) is 19.8 Å². The van der Waals surface area contributed by atoms with Gasteiger partial charge in [-0.3, -0.25) is 0 Å². The van der Waals surface area contributed by atoms with Crippen LogP contribution in [0, 0.1) is 6.92 Å². The fraction of sp³-hybridized carbons (Fsp3) is 0.500. The van der Waals surface area contributed by atoms with Crippen LogP contribution in [0.15, 0.2) is 12.3 Å². The summed E-state index contributed by atoms with van der Waals surface area (Å²) in [6.07, 6.45) is 4.69. The molecule has 1 N–H and O–H groups in total. The Morgan fingerprint density at radius 2 is 2.05 bits per heavy atom. The molecule has 0 aromatic carbocycles. The monoisotopic (exact) mass is 293 g/mol. The molecule has 0 saturated heterocycles. The third-order valence-electron chi connectivity index (χ3n) is 2.86. The number of hydrogen-bond donors (Lipinski definition) is 1. The summed E-state index contributed by atoms with van der Waals surface area (Å²) >= 11 is 6.06. The molecule has 2 aromatic heterocycles. The van der Waals surface area contributed by atoms with Crippen molar-refractivity contribution in [2.45, 2.75) is 40.0 Å². The van der Waals surface area contributed by atoms with Crippen LogP contribution in [0.3, 0.4) is 0 Å². The van der Waals surface area contributed by atoms with E-state index in [4.69, 9.17) is 11.6 Å². The number of rotatable bonds is 6. The molecule has 6 heteroatoms. The molecule has 0 aliphatic carbocycles. The van der Waals surface area contributed by atoms with Crippen LogP contribution in [0.4, 0.5) is 5.82 Å². The van der Waals surface area contributed by atoms with Gasteiger partial charge in [0.15, 0.2) is 5.82 Å². The Hall–Kier alpha value is -1.62. The molecule has 0 aliphatic rings. The molecule has 0 saturated carbocycles. The highest BCUT2D eigenvalue weighted by molar-refractivity contribution is 6.31. The van der Waals surface area contributed by atoms with E-state index in [1.54, 1.807) is 10.9 Å². The van der Waals surface area contributed by atoms with E-state index in [1.807, 2.05) is 13.0 Å². The predicted octanol–water partition coefficient (Wildman–Crippen LogP) is 3.40. The molecule has 0 unspecified atom stereocenters. The highest BCUT2D eigenvalue weighted by atomic mass is 35.5. The predicted molar refractivity (Wildman–Crippen MR) is 81.7 cm³/mol. The molecule has 0 amide bonds. The van der Waals surface area contributed by atoms with E-state index in [9.17, 15) is 0 Å². The summed E-state index contributed by atoms with van der Waals surface area (Å²) in [5, 5.41) is 8.31. The topological polar surface area (TPSA) is 55.6 Å². The number of anilines is 1. The normalized spacial score (nSPS) is 10.8. The summed E-state index contributed by atoms with van der Waals surface area (Å²) in [4.78, 5) is 9.07. The summed E-state index contributed by atoms with van der Waals surface area (Å²) < 4.78 is 1.70. The maximum Gasteiger partial charge on any atom is 0.159 e. The smallest absolute Gasteiger partial charge is 0.159 e. The Bertz CT molecular complexity index is 559. The van der Waals surface area contributed by atoms with Crippen molar-refractivity contribution in [2.75, 3.05) is 11.9 Å². The van der Waals surface area contributed by atoms with Gasteiger partial charge in [0.25, 0.3) is 0 Å². The van der Waals surface area contributed by atoms with Gasteiger partial charge in [-0.2, -0.15) is 5.10 Å². The van der Waals surface area contributed by atoms with Gasteiger partial charge in [0, 0.05) is 19.0 Å². The molecule has 0 fully saturated rings. The van der Waals surface area contributed by atoms with Gasteiger partial charge in [0.05, 0.1) is 16.9 Å². The molecule has 2 heterocycles. The van der Waals surface area contributed by atoms with Gasteiger partial charge in [-0.25, -0.2) is 14.6 Å². The molecule has 0 aliphatic heterocycles. The van der Waals surface area contributed by atoms with Gasteiger partial charge >= 0.3 is 0 Å². The standard InChI is InChI=1S/C14H20ClN5/c1-4-6-12-17-13(16-7-5-2)8-14(18-12)20-9-11(15)10(3)19-20/h8-9H,4-7H2,1-3H3,(H,16,17,18). The van der Waals surface area contributed by atoms with Crippen molar-refractivity contribution in [1.82, 2.24) is 19.7 Å². The SMILES string of the molecule is CCCNc1cc(-n2cc(Cl)c(C)n2)nc(CCC)n1. The minimum absolute atomic E-state index is 0.642. The number of hydrogen-bond acceptors (Lipinski definition) is 4. The summed E-state index contributed by atoms with van der Waals surface area (Å²) in [5.41, 5.74) is 0.797. The van der Waals surface area contributed by atoms with Crippen LogP contribution in [0.5, 0.6) is 0 Å². The van der Waals surface area contributed by atoms with Crippen LogP contribution in [0.1, 0.15) is 38.2 Å². The molecule has 0 radical (unpaired) electrons. The quantitative estimate of drug-likeness (QED) is 0.887. The van der Waals surface area contributed by atoms with Crippen LogP contribution in [-0.4, -0.2) is 26.3 Å². The Morgan fingerprint density at radius 1 is 1.25 bits per heavy atom. The zero-order valence-electron chi connectivity index (χ0n) is 12.1. The summed E-state index contributed by atoms with van der Waals surface area (Å²) in [6.45, 7) is 7.01. The molecule has 0 atom stereocenters. The first kappa shape index (κ1) is 14.8. The molecule has 20 heavy (non-hydrogen) atoms. The Morgan fingerprint density at radius 3 is 2.65 bits per heavy atom. The molecule has 5 nitrogen and oxygen atoms in total. The number of nitrogens with one attached hydrogen (secondary N) is 1. The van der Waals surface area contributed by atoms with Gasteiger partial charge in [-0.15, -0.1) is 0 Å². The van der Waals surface area contributed by atoms with E-state index >= 15 is 0 Å². The second-order valence-electron chi connectivity index (χ2n) is 4.71. The zero-order chi connectivity index (χ0) is 14.5. The van der Waals surface area contributed by atoms with Crippen molar-refractivity contribution >= 4 is 17.4 Å². The Balaban J connectivity index is 2.37. The summed E-state index contributed by atoms with van der Waals surface area (Å²) in [6, 6.07) is 1.90. The number of aromatic nitrogens is 4. The van der Waals surface area contributed by atoms with E-state index in [0.29, 0.717) is 5.02 Å². The molecule has 0 spiro atoms. The van der Waals surface area contributed by atoms with Crippen molar-refractivity contribution in [2.24, 2.45) is 0 Å². The second kappa shape index (κ2) is 6.70. The minimum atomic E-state index is 0.642. The Labute approximate surface area is 124 Å². The molecule has 0 bridgehead atoms. The van der Waals surface area contributed by atoms with Crippen molar-refractivity contribution in [3.63, 3.8) is 0 Å². The molecule has 2 rings (SSSR count). The van der Waals surface area contributed by atoms with Crippen molar-refractivity contribution in [1.29, 1.82) is 0 Å². The third-order valence-corrected chi connectivity index (χ3v) is 3.23. The maximum atomic E-state index is 6.06. The highest BCUT2D eigenvalue weighted by Crippen LogP contribution is 2.17. The van der Waals surface area contributed by atoms with Crippen molar-refractivity contribution in [3.8, 4) is 5.82 Å². The van der Waals surface area contributed by atoms with Crippen molar-refractivity contribution in [3.05, 3.63) is 28.8 Å². The van der Waals surface area contributed by atoms with Gasteiger partial charge in [-0.1, -0.05) is 25.4 Å². The Kier molecular flexibility index (Phi) is 4.95. The van der Waals surface area contributed by atoms with Gasteiger partial charge in [0.2, 0.25) is 0 Å². The van der Waals surface area contributed by atoms with E-state index in [-0.39, 0.29) is 0 Å². The first-order chi connectivity index (χ1) is 9.63. The lowest BCUT2D eigenvalue weighted by molar-refractivity contribution is 0.779. The summed E-state index contributed by atoms with van der Waals surface area (Å²) in [5.74, 6) is 2.41. The highest BCUT2D eigenvalue weighted by Gasteiger charge is 2.09. The van der Waals surface area contributed by atoms with Crippen LogP contribution in [0.25, 0.3) is 5.82 Å². The lowest BCUT2D eigenvalue weighted by atomic mass is 10.3. The fourth-order valence-corrected chi connectivity index (χ4v) is 1.97. The summed E-state index contributed by atoms with van der Waals surface area (Å²) in [7, 11) is 0.